The third-order valence-corrected chi connectivity index (χ3v) is 5.98. The van der Waals surface area contributed by atoms with Crippen molar-refractivity contribution in [2.75, 3.05) is 23.8 Å². The number of thiophene rings is 1. The number of hydrogen-bond donors (Lipinski definition) is 2. The van der Waals surface area contributed by atoms with Gasteiger partial charge in [-0.2, -0.15) is 0 Å². The number of nitrogens with zero attached hydrogens (tertiary/aromatic N) is 1. The Labute approximate surface area is 188 Å². The molecule has 1 fully saturated rings. The summed E-state index contributed by atoms with van der Waals surface area (Å²) in [5.74, 6) is -1.36. The Bertz CT molecular complexity index is 1080. The minimum atomic E-state index is -0.755. The zero-order valence-electron chi connectivity index (χ0n) is 17.9. The van der Waals surface area contributed by atoms with Gasteiger partial charge < -0.3 is 20.1 Å². The first kappa shape index (κ1) is 23.2. The lowest BCUT2D eigenvalue weighted by Gasteiger charge is -2.10. The summed E-state index contributed by atoms with van der Waals surface area (Å²) < 4.78 is 10.4. The minimum absolute atomic E-state index is 0.0303. The van der Waals surface area contributed by atoms with Crippen LogP contribution in [0.4, 0.5) is 16.4 Å². The van der Waals surface area contributed by atoms with E-state index in [9.17, 15) is 24.5 Å². The molecule has 1 saturated carbocycles. The normalized spacial score (nSPS) is 12.7. The van der Waals surface area contributed by atoms with Crippen LogP contribution in [-0.4, -0.2) is 35.9 Å². The van der Waals surface area contributed by atoms with Crippen molar-refractivity contribution in [3.8, 4) is 5.75 Å². The number of nitro benzene ring substituents is 1. The molecule has 1 heterocycles. The van der Waals surface area contributed by atoms with Gasteiger partial charge in [-0.05, 0) is 51.3 Å². The first-order valence-electron chi connectivity index (χ1n) is 10.00. The van der Waals surface area contributed by atoms with Crippen LogP contribution in [-0.2, 0) is 14.3 Å². The molecule has 170 valence electrons. The number of esters is 1. The van der Waals surface area contributed by atoms with Gasteiger partial charge in [0.05, 0.1) is 23.2 Å². The van der Waals surface area contributed by atoms with Gasteiger partial charge in [-0.3, -0.25) is 19.7 Å². The van der Waals surface area contributed by atoms with Crippen molar-refractivity contribution < 1.29 is 28.8 Å². The van der Waals surface area contributed by atoms with E-state index in [0.717, 1.165) is 17.7 Å². The largest absolute Gasteiger partial charge is 0.494 e. The van der Waals surface area contributed by atoms with Crippen LogP contribution in [0.25, 0.3) is 0 Å². The van der Waals surface area contributed by atoms with Gasteiger partial charge in [0.2, 0.25) is 5.91 Å². The number of ether oxygens (including phenoxy) is 2. The summed E-state index contributed by atoms with van der Waals surface area (Å²) in [5.41, 5.74) is 0.486. The second-order valence-corrected chi connectivity index (χ2v) is 8.47. The van der Waals surface area contributed by atoms with E-state index >= 15 is 0 Å². The summed E-state index contributed by atoms with van der Waals surface area (Å²) in [6, 6.07) is 4.04. The number of hydrogen-bond acceptors (Lipinski definition) is 8. The molecule has 2 aromatic rings. The zero-order valence-corrected chi connectivity index (χ0v) is 18.7. The highest BCUT2D eigenvalue weighted by Gasteiger charge is 2.32. The molecule has 1 aromatic carbocycles. The van der Waals surface area contributed by atoms with Crippen LogP contribution in [0.15, 0.2) is 18.2 Å². The molecular weight excluding hydrogens is 438 g/mol. The third kappa shape index (κ3) is 5.41. The second kappa shape index (κ2) is 9.77. The van der Waals surface area contributed by atoms with Gasteiger partial charge in [0.15, 0.2) is 6.61 Å². The van der Waals surface area contributed by atoms with Gasteiger partial charge in [-0.15, -0.1) is 11.3 Å². The highest BCUT2D eigenvalue weighted by molar-refractivity contribution is 7.16. The van der Waals surface area contributed by atoms with Crippen LogP contribution in [0.3, 0.4) is 0 Å². The number of nitro groups is 1. The molecule has 2 amide bonds. The zero-order chi connectivity index (χ0) is 23.4. The summed E-state index contributed by atoms with van der Waals surface area (Å²) in [5, 5.41) is 16.8. The molecule has 2 N–H and O–H groups in total. The van der Waals surface area contributed by atoms with Gasteiger partial charge in [-0.1, -0.05) is 0 Å². The molecule has 0 unspecified atom stereocenters. The molecule has 0 spiro atoms. The van der Waals surface area contributed by atoms with E-state index in [2.05, 4.69) is 10.6 Å². The van der Waals surface area contributed by atoms with Gasteiger partial charge >= 0.3 is 5.97 Å². The van der Waals surface area contributed by atoms with Crippen molar-refractivity contribution in [2.45, 2.75) is 33.6 Å². The summed E-state index contributed by atoms with van der Waals surface area (Å²) >= 11 is 1.27. The van der Waals surface area contributed by atoms with Crippen molar-refractivity contribution in [3.05, 3.63) is 44.3 Å². The number of benzene rings is 1. The molecule has 0 aliphatic heterocycles. The fourth-order valence-corrected chi connectivity index (χ4v) is 3.99. The Balaban J connectivity index is 1.66. The van der Waals surface area contributed by atoms with Crippen molar-refractivity contribution in [1.82, 2.24) is 0 Å². The Morgan fingerprint density at radius 1 is 1.22 bits per heavy atom. The highest BCUT2D eigenvalue weighted by atomic mass is 32.1. The van der Waals surface area contributed by atoms with Gasteiger partial charge in [0, 0.05) is 10.8 Å². The maximum Gasteiger partial charge on any atom is 0.341 e. The molecule has 3 rings (SSSR count). The molecule has 1 aliphatic carbocycles. The number of carbonyl (C=O) groups excluding carboxylic acids is 3. The highest BCUT2D eigenvalue weighted by Crippen LogP contribution is 2.36. The first-order valence-corrected chi connectivity index (χ1v) is 10.8. The lowest BCUT2D eigenvalue weighted by molar-refractivity contribution is -0.384. The number of amides is 2. The van der Waals surface area contributed by atoms with E-state index in [4.69, 9.17) is 9.47 Å². The Morgan fingerprint density at radius 2 is 1.94 bits per heavy atom. The Hall–Kier alpha value is -3.47. The van der Waals surface area contributed by atoms with Crippen LogP contribution in [0.5, 0.6) is 5.75 Å². The van der Waals surface area contributed by atoms with Crippen molar-refractivity contribution in [3.63, 3.8) is 0 Å². The lowest BCUT2D eigenvalue weighted by atomic mass is 10.1. The summed E-state index contributed by atoms with van der Waals surface area (Å²) in [6.07, 6.45) is 1.65. The smallest absolute Gasteiger partial charge is 0.341 e. The number of rotatable bonds is 9. The van der Waals surface area contributed by atoms with E-state index in [0.29, 0.717) is 22.9 Å². The standard InChI is InChI=1S/C21H23N3O7S/c1-4-30-14-7-8-15(16(9-14)24(28)29)22-17(25)10-31-21(27)18-11(2)12(3)32-20(18)23-19(26)13-5-6-13/h7-9,13H,4-6,10H2,1-3H3,(H,22,25)(H,23,26). The van der Waals surface area contributed by atoms with Crippen LogP contribution >= 0.6 is 11.3 Å². The molecular formula is C21H23N3O7S. The van der Waals surface area contributed by atoms with Crippen molar-refractivity contribution in [2.24, 2.45) is 5.92 Å². The molecule has 1 aliphatic rings. The van der Waals surface area contributed by atoms with E-state index < -0.39 is 23.4 Å². The predicted octanol–water partition coefficient (Wildman–Crippen LogP) is 3.82. The van der Waals surface area contributed by atoms with E-state index in [1.54, 1.807) is 13.8 Å². The van der Waals surface area contributed by atoms with Crippen LogP contribution < -0.4 is 15.4 Å². The molecule has 10 nitrogen and oxygen atoms in total. The van der Waals surface area contributed by atoms with E-state index in [1.165, 1.54) is 29.5 Å². The molecule has 0 bridgehead atoms. The van der Waals surface area contributed by atoms with Gasteiger partial charge in [0.25, 0.3) is 11.6 Å². The van der Waals surface area contributed by atoms with Gasteiger partial charge in [-0.25, -0.2) is 4.79 Å². The lowest BCUT2D eigenvalue weighted by Crippen LogP contribution is -2.22. The average molecular weight is 461 g/mol. The summed E-state index contributed by atoms with van der Waals surface area (Å²) in [4.78, 5) is 48.5. The minimum Gasteiger partial charge on any atom is -0.494 e. The fraction of sp³-hybridized carbons (Fsp3) is 0.381. The second-order valence-electron chi connectivity index (χ2n) is 7.24. The van der Waals surface area contributed by atoms with Crippen molar-refractivity contribution in [1.29, 1.82) is 0 Å². The molecule has 11 heteroatoms. The SMILES string of the molecule is CCOc1ccc(NC(=O)COC(=O)c2c(NC(=O)C3CC3)sc(C)c2C)c([N+](=O)[O-])c1. The summed E-state index contributed by atoms with van der Waals surface area (Å²) in [6.45, 7) is 4.99. The molecule has 32 heavy (non-hydrogen) atoms. The van der Waals surface area contributed by atoms with E-state index in [-0.39, 0.29) is 28.8 Å². The first-order chi connectivity index (χ1) is 15.2. The van der Waals surface area contributed by atoms with Crippen LogP contribution in [0.1, 0.15) is 40.6 Å². The van der Waals surface area contributed by atoms with Crippen LogP contribution in [0, 0.1) is 29.9 Å². The molecule has 0 saturated heterocycles. The monoisotopic (exact) mass is 461 g/mol. The van der Waals surface area contributed by atoms with Gasteiger partial charge in [0.1, 0.15) is 16.4 Å². The predicted molar refractivity (Wildman–Crippen MR) is 118 cm³/mol. The fourth-order valence-electron chi connectivity index (χ4n) is 2.93. The Morgan fingerprint density at radius 3 is 2.56 bits per heavy atom. The molecule has 0 radical (unpaired) electrons. The number of aryl methyl sites for hydroxylation is 1. The maximum atomic E-state index is 12.6. The number of nitrogens with one attached hydrogen (secondary N) is 2. The van der Waals surface area contributed by atoms with Crippen LogP contribution in [0.2, 0.25) is 0 Å². The van der Waals surface area contributed by atoms with Crippen molar-refractivity contribution >= 4 is 45.5 Å². The Kier molecular flexibility index (Phi) is 7.08. The quantitative estimate of drug-likeness (QED) is 0.329. The topological polar surface area (TPSA) is 137 Å². The summed E-state index contributed by atoms with van der Waals surface area (Å²) in [7, 11) is 0. The molecule has 1 aromatic heterocycles. The average Bonchev–Trinajstić information content (AvgIpc) is 3.55. The van der Waals surface area contributed by atoms with E-state index in [1.807, 2.05) is 6.92 Å². The maximum absolute atomic E-state index is 12.6. The number of carbonyl (C=O) groups is 3. The number of anilines is 2. The third-order valence-electron chi connectivity index (χ3n) is 4.86. The molecule has 0 atom stereocenters.